The highest BCUT2D eigenvalue weighted by Crippen LogP contribution is 2.19. The maximum atomic E-state index is 13.3. The number of aromatic amines is 2. The van der Waals surface area contributed by atoms with Crippen molar-refractivity contribution in [2.75, 3.05) is 6.61 Å². The van der Waals surface area contributed by atoms with E-state index in [-0.39, 0.29) is 12.8 Å². The van der Waals surface area contributed by atoms with Crippen LogP contribution in [0.15, 0.2) is 43.0 Å². The molecule has 0 fully saturated rings. The van der Waals surface area contributed by atoms with E-state index in [9.17, 15) is 29.1 Å². The molecule has 2 heterocycles. The van der Waals surface area contributed by atoms with Crippen molar-refractivity contribution < 1.29 is 34.2 Å². The van der Waals surface area contributed by atoms with Crippen molar-refractivity contribution >= 4 is 40.5 Å². The molecular weight excluding hydrogens is 512 g/mol. The number of hydrogen-bond acceptors (Lipinski definition) is 8. The minimum Gasteiger partial charge on any atom is -0.480 e. The van der Waals surface area contributed by atoms with Crippen LogP contribution >= 0.6 is 0 Å². The van der Waals surface area contributed by atoms with E-state index in [4.69, 9.17) is 16.6 Å². The number of carbonyl (C=O) groups is 5. The zero-order chi connectivity index (χ0) is 28.5. The van der Waals surface area contributed by atoms with Crippen LogP contribution in [0.4, 0.5) is 0 Å². The van der Waals surface area contributed by atoms with Crippen LogP contribution in [-0.2, 0) is 36.8 Å². The number of imidazole rings is 1. The Balaban J connectivity index is 1.79. The normalized spacial score (nSPS) is 14.1. The third-order valence-corrected chi connectivity index (χ3v) is 5.90. The maximum absolute atomic E-state index is 13.3. The number of H-pyrrole nitrogens is 2. The number of fused-ring (bicyclic) bond motifs is 1. The van der Waals surface area contributed by atoms with E-state index in [2.05, 4.69) is 30.9 Å². The molecule has 2 aromatic heterocycles. The Kier molecular flexibility index (Phi) is 9.72. The number of amides is 4. The third kappa shape index (κ3) is 7.86. The molecule has 0 saturated carbocycles. The number of carboxylic acid groups (broad SMARTS) is 1. The number of aromatic nitrogens is 3. The monoisotopic (exact) mass is 542 g/mol. The van der Waals surface area contributed by atoms with E-state index in [0.29, 0.717) is 11.3 Å². The Labute approximate surface area is 221 Å². The van der Waals surface area contributed by atoms with Gasteiger partial charge in [0.05, 0.1) is 19.4 Å². The highest BCUT2D eigenvalue weighted by molar-refractivity contribution is 5.96. The van der Waals surface area contributed by atoms with Crippen molar-refractivity contribution in [3.8, 4) is 0 Å². The van der Waals surface area contributed by atoms with Gasteiger partial charge in [-0.05, 0) is 11.6 Å². The SMILES string of the molecule is NC(=O)CC(NC(=O)C(N)CO)C(=O)NC(Cc1cnc[nH]1)C(=O)NC(Cc1c[nH]c2ccccc12)C(=O)O. The van der Waals surface area contributed by atoms with Crippen molar-refractivity contribution in [3.05, 3.63) is 54.2 Å². The van der Waals surface area contributed by atoms with Crippen LogP contribution in [0, 0.1) is 0 Å². The summed E-state index contributed by atoms with van der Waals surface area (Å²) in [4.78, 5) is 71.7. The number of nitrogens with zero attached hydrogens (tertiary/aromatic N) is 1. The predicted molar refractivity (Wildman–Crippen MR) is 137 cm³/mol. The summed E-state index contributed by atoms with van der Waals surface area (Å²) in [6.45, 7) is -0.714. The van der Waals surface area contributed by atoms with Crippen molar-refractivity contribution in [3.63, 3.8) is 0 Å². The molecule has 3 rings (SSSR count). The average Bonchev–Trinajstić information content (AvgIpc) is 3.56. The summed E-state index contributed by atoms with van der Waals surface area (Å²) in [5, 5.41) is 26.8. The topological polar surface area (TPSA) is 258 Å². The highest BCUT2D eigenvalue weighted by atomic mass is 16.4. The highest BCUT2D eigenvalue weighted by Gasteiger charge is 2.31. The molecule has 0 spiro atoms. The Hall–Kier alpha value is -4.76. The average molecular weight is 543 g/mol. The number of primary amides is 1. The van der Waals surface area contributed by atoms with Crippen LogP contribution in [0.5, 0.6) is 0 Å². The zero-order valence-corrected chi connectivity index (χ0v) is 20.7. The molecule has 0 aliphatic carbocycles. The van der Waals surface area contributed by atoms with Crippen molar-refractivity contribution in [1.29, 1.82) is 0 Å². The number of rotatable bonds is 14. The Morgan fingerprint density at radius 1 is 0.923 bits per heavy atom. The number of aliphatic hydroxyl groups is 1. The van der Waals surface area contributed by atoms with Gasteiger partial charge in [-0.3, -0.25) is 19.2 Å². The van der Waals surface area contributed by atoms with Gasteiger partial charge < -0.3 is 47.6 Å². The molecule has 4 amide bonds. The van der Waals surface area contributed by atoms with Gasteiger partial charge in [0, 0.05) is 41.8 Å². The van der Waals surface area contributed by atoms with Gasteiger partial charge in [0.1, 0.15) is 24.2 Å². The molecule has 0 saturated heterocycles. The first-order valence-electron chi connectivity index (χ1n) is 11.9. The number of hydrogen-bond donors (Lipinski definition) is 9. The lowest BCUT2D eigenvalue weighted by Gasteiger charge is -2.24. The van der Waals surface area contributed by atoms with E-state index >= 15 is 0 Å². The molecule has 0 radical (unpaired) electrons. The first kappa shape index (κ1) is 28.8. The summed E-state index contributed by atoms with van der Waals surface area (Å²) in [6.07, 6.45) is 3.64. The largest absolute Gasteiger partial charge is 0.480 e. The molecule has 11 N–H and O–H groups in total. The fourth-order valence-corrected chi connectivity index (χ4v) is 3.86. The van der Waals surface area contributed by atoms with Gasteiger partial charge in [0.25, 0.3) is 0 Å². The summed E-state index contributed by atoms with van der Waals surface area (Å²) >= 11 is 0. The van der Waals surface area contributed by atoms with Crippen LogP contribution in [0.2, 0.25) is 0 Å². The van der Waals surface area contributed by atoms with Crippen LogP contribution in [-0.4, -0.2) is 85.5 Å². The van der Waals surface area contributed by atoms with Crippen molar-refractivity contribution in [2.45, 2.75) is 43.4 Å². The molecule has 208 valence electrons. The molecule has 1 aromatic carbocycles. The number of nitrogens with one attached hydrogen (secondary N) is 5. The van der Waals surface area contributed by atoms with Gasteiger partial charge in [-0.25, -0.2) is 9.78 Å². The lowest BCUT2D eigenvalue weighted by molar-refractivity contribution is -0.142. The van der Waals surface area contributed by atoms with Gasteiger partial charge in [-0.1, -0.05) is 18.2 Å². The van der Waals surface area contributed by atoms with E-state index in [1.165, 1.54) is 12.5 Å². The Morgan fingerprint density at radius 2 is 1.59 bits per heavy atom. The first-order chi connectivity index (χ1) is 18.6. The number of aliphatic carboxylic acids is 1. The lowest BCUT2D eigenvalue weighted by Crippen LogP contribution is -2.58. The first-order valence-corrected chi connectivity index (χ1v) is 11.9. The Bertz CT molecular complexity index is 1320. The van der Waals surface area contributed by atoms with Gasteiger partial charge in [0.2, 0.25) is 23.6 Å². The van der Waals surface area contributed by atoms with E-state index in [1.54, 1.807) is 12.3 Å². The molecule has 0 bridgehead atoms. The summed E-state index contributed by atoms with van der Waals surface area (Å²) in [7, 11) is 0. The fourth-order valence-electron chi connectivity index (χ4n) is 3.86. The molecule has 0 aliphatic rings. The summed E-state index contributed by atoms with van der Waals surface area (Å²) in [6, 6.07) is 1.73. The van der Waals surface area contributed by atoms with Crippen molar-refractivity contribution in [2.24, 2.45) is 11.5 Å². The zero-order valence-electron chi connectivity index (χ0n) is 20.7. The van der Waals surface area contributed by atoms with Crippen LogP contribution in [0.3, 0.4) is 0 Å². The molecular formula is C24H30N8O7. The van der Waals surface area contributed by atoms with Crippen LogP contribution in [0.1, 0.15) is 17.7 Å². The Morgan fingerprint density at radius 3 is 2.23 bits per heavy atom. The molecule has 39 heavy (non-hydrogen) atoms. The fraction of sp³-hybridized carbons (Fsp3) is 0.333. The van der Waals surface area contributed by atoms with Gasteiger partial charge in [0.15, 0.2) is 0 Å². The molecule has 15 nitrogen and oxygen atoms in total. The second-order valence-corrected chi connectivity index (χ2v) is 8.83. The molecule has 4 unspecified atom stereocenters. The summed E-state index contributed by atoms with van der Waals surface area (Å²) < 4.78 is 0. The van der Waals surface area contributed by atoms with Crippen molar-refractivity contribution in [1.82, 2.24) is 30.9 Å². The summed E-state index contributed by atoms with van der Waals surface area (Å²) in [5.41, 5.74) is 12.6. The number of para-hydroxylation sites is 1. The maximum Gasteiger partial charge on any atom is 0.326 e. The third-order valence-electron chi connectivity index (χ3n) is 5.90. The minimum absolute atomic E-state index is 0.0464. The predicted octanol–water partition coefficient (Wildman–Crippen LogP) is -2.59. The molecule has 4 atom stereocenters. The summed E-state index contributed by atoms with van der Waals surface area (Å²) in [5.74, 6) is -4.92. The quantitative estimate of drug-likeness (QED) is 0.103. The number of carboxylic acids is 1. The minimum atomic E-state index is -1.51. The molecule has 15 heteroatoms. The number of nitrogens with two attached hydrogens (primary N) is 2. The van der Waals surface area contributed by atoms with E-state index in [1.807, 2.05) is 18.2 Å². The number of aliphatic hydroxyl groups excluding tert-OH is 1. The van der Waals surface area contributed by atoms with Gasteiger partial charge in [-0.15, -0.1) is 0 Å². The second-order valence-electron chi connectivity index (χ2n) is 8.83. The number of carbonyl (C=O) groups excluding carboxylic acids is 4. The van der Waals surface area contributed by atoms with E-state index in [0.717, 1.165) is 10.9 Å². The van der Waals surface area contributed by atoms with Crippen LogP contribution < -0.4 is 27.4 Å². The molecule has 0 aliphatic heterocycles. The van der Waals surface area contributed by atoms with Gasteiger partial charge in [-0.2, -0.15) is 0 Å². The van der Waals surface area contributed by atoms with E-state index < -0.39 is 66.8 Å². The lowest BCUT2D eigenvalue weighted by atomic mass is 10.0. The smallest absolute Gasteiger partial charge is 0.326 e. The second kappa shape index (κ2) is 13.2. The van der Waals surface area contributed by atoms with Gasteiger partial charge >= 0.3 is 5.97 Å². The number of benzene rings is 1. The molecule has 3 aromatic rings. The standard InChI is InChI=1S/C24H30N8O7/c25-15(10-33)21(35)30-18(7-20(26)34)23(37)31-17(6-13-9-27-11-29-13)22(36)32-19(24(38)39)5-12-8-28-16-4-2-1-3-14(12)16/h1-4,8-9,11,15,17-19,28,33H,5-7,10,25H2,(H2,26,34)(H,27,29)(H,30,35)(H,31,37)(H,32,36)(H,38,39). The van der Waals surface area contributed by atoms with Crippen LogP contribution in [0.25, 0.3) is 10.9 Å².